The van der Waals surface area contributed by atoms with Crippen LogP contribution >= 0.6 is 11.6 Å². The average Bonchev–Trinajstić information content (AvgIpc) is 2.90. The molecule has 2 heterocycles. The summed E-state index contributed by atoms with van der Waals surface area (Å²) >= 11 is 6.05. The Morgan fingerprint density at radius 2 is 1.91 bits per heavy atom. The first-order chi connectivity index (χ1) is 10.5. The Labute approximate surface area is 132 Å². The first-order valence-corrected chi connectivity index (χ1v) is 7.12. The van der Waals surface area contributed by atoms with Crippen LogP contribution in [-0.4, -0.2) is 16.5 Å². The van der Waals surface area contributed by atoms with Gasteiger partial charge in [0.05, 0.1) is 0 Å². The van der Waals surface area contributed by atoms with Gasteiger partial charge in [-0.15, -0.1) is 0 Å². The molecule has 5 nitrogen and oxygen atoms in total. The monoisotopic (exact) mass is 315 g/mol. The van der Waals surface area contributed by atoms with Crippen LogP contribution in [0.15, 0.2) is 36.0 Å². The molecule has 1 aromatic heterocycles. The number of aromatic nitrogens is 1. The zero-order valence-electron chi connectivity index (χ0n) is 12.1. The lowest BCUT2D eigenvalue weighted by Gasteiger charge is -2.10. The summed E-state index contributed by atoms with van der Waals surface area (Å²) in [6.45, 7) is 3.93. The van der Waals surface area contributed by atoms with Crippen molar-refractivity contribution in [2.75, 3.05) is 0 Å². The van der Waals surface area contributed by atoms with Crippen LogP contribution in [0.2, 0.25) is 5.02 Å². The Hall–Kier alpha value is -2.53. The van der Waals surface area contributed by atoms with E-state index >= 15 is 0 Å². The van der Waals surface area contributed by atoms with Gasteiger partial charge >= 0.3 is 6.03 Å². The molecule has 0 spiro atoms. The van der Waals surface area contributed by atoms with Crippen LogP contribution in [0.4, 0.5) is 4.79 Å². The van der Waals surface area contributed by atoms with Crippen molar-refractivity contribution in [3.8, 4) is 5.69 Å². The van der Waals surface area contributed by atoms with Crippen molar-refractivity contribution in [3.63, 3.8) is 0 Å². The number of nitrogens with zero attached hydrogens (tertiary/aromatic N) is 1. The maximum absolute atomic E-state index is 11.6. The van der Waals surface area contributed by atoms with Crippen LogP contribution in [0.5, 0.6) is 0 Å². The summed E-state index contributed by atoms with van der Waals surface area (Å²) < 4.78 is 2.05. The Bertz CT molecular complexity index is 821. The van der Waals surface area contributed by atoms with Gasteiger partial charge in [-0.3, -0.25) is 10.1 Å². The van der Waals surface area contributed by atoms with E-state index in [-0.39, 0.29) is 5.70 Å². The van der Waals surface area contributed by atoms with Gasteiger partial charge in [0.15, 0.2) is 0 Å². The lowest BCUT2D eigenvalue weighted by molar-refractivity contribution is -0.115. The fraction of sp³-hybridized carbons (Fsp3) is 0.125. The summed E-state index contributed by atoms with van der Waals surface area (Å²) in [6.07, 6.45) is 1.67. The van der Waals surface area contributed by atoms with Crippen molar-refractivity contribution in [2.45, 2.75) is 13.8 Å². The van der Waals surface area contributed by atoms with Crippen LogP contribution in [0.25, 0.3) is 11.8 Å². The van der Waals surface area contributed by atoms with Crippen LogP contribution in [0, 0.1) is 13.8 Å². The Morgan fingerprint density at radius 3 is 2.55 bits per heavy atom. The first kappa shape index (κ1) is 14.4. The highest BCUT2D eigenvalue weighted by molar-refractivity contribution is 6.30. The molecule has 0 atom stereocenters. The second kappa shape index (κ2) is 5.35. The maximum Gasteiger partial charge on any atom is 0.326 e. The van der Waals surface area contributed by atoms with E-state index in [4.69, 9.17) is 11.6 Å². The lowest BCUT2D eigenvalue weighted by atomic mass is 10.2. The number of aryl methyl sites for hydroxylation is 1. The van der Waals surface area contributed by atoms with Crippen molar-refractivity contribution < 1.29 is 9.59 Å². The summed E-state index contributed by atoms with van der Waals surface area (Å²) in [5, 5.41) is 5.33. The van der Waals surface area contributed by atoms with Crippen molar-refractivity contribution >= 4 is 29.6 Å². The fourth-order valence-corrected chi connectivity index (χ4v) is 2.77. The predicted octanol–water partition coefficient (Wildman–Crippen LogP) is 2.93. The van der Waals surface area contributed by atoms with E-state index in [1.54, 1.807) is 6.08 Å². The molecule has 2 aromatic rings. The van der Waals surface area contributed by atoms with E-state index in [9.17, 15) is 9.59 Å². The summed E-state index contributed by atoms with van der Waals surface area (Å²) in [5.41, 5.74) is 4.03. The van der Waals surface area contributed by atoms with Gasteiger partial charge in [-0.1, -0.05) is 17.7 Å². The van der Waals surface area contributed by atoms with E-state index < -0.39 is 11.9 Å². The minimum Gasteiger partial charge on any atom is -0.318 e. The number of benzene rings is 1. The third-order valence-corrected chi connectivity index (χ3v) is 3.79. The smallest absolute Gasteiger partial charge is 0.318 e. The van der Waals surface area contributed by atoms with Crippen LogP contribution in [0.3, 0.4) is 0 Å². The largest absolute Gasteiger partial charge is 0.326 e. The molecule has 112 valence electrons. The van der Waals surface area contributed by atoms with Gasteiger partial charge in [0.2, 0.25) is 0 Å². The van der Waals surface area contributed by atoms with Gasteiger partial charge < -0.3 is 9.88 Å². The zero-order valence-corrected chi connectivity index (χ0v) is 12.9. The normalized spacial score (nSPS) is 16.0. The molecular weight excluding hydrogens is 302 g/mol. The number of rotatable bonds is 2. The van der Waals surface area contributed by atoms with Gasteiger partial charge in [-0.2, -0.15) is 0 Å². The van der Waals surface area contributed by atoms with Crippen molar-refractivity contribution in [2.24, 2.45) is 0 Å². The fourth-order valence-electron chi connectivity index (χ4n) is 2.58. The highest BCUT2D eigenvalue weighted by Gasteiger charge is 2.23. The number of hydrogen-bond donors (Lipinski definition) is 2. The molecule has 2 N–H and O–H groups in total. The molecule has 0 bridgehead atoms. The molecule has 3 rings (SSSR count). The first-order valence-electron chi connectivity index (χ1n) is 6.74. The number of carbonyl (C=O) groups excluding carboxylic acids is 2. The quantitative estimate of drug-likeness (QED) is 0.661. The number of hydrogen-bond acceptors (Lipinski definition) is 2. The Kier molecular flexibility index (Phi) is 3.50. The minimum atomic E-state index is -0.500. The van der Waals surface area contributed by atoms with Gasteiger partial charge in [-0.25, -0.2) is 4.79 Å². The lowest BCUT2D eigenvalue weighted by Crippen LogP contribution is -2.22. The molecule has 0 radical (unpaired) electrons. The number of carbonyl (C=O) groups is 2. The number of urea groups is 1. The molecule has 1 fully saturated rings. The molecule has 1 aliphatic heterocycles. The topological polar surface area (TPSA) is 63.1 Å². The van der Waals surface area contributed by atoms with Crippen LogP contribution < -0.4 is 10.6 Å². The van der Waals surface area contributed by atoms with E-state index in [2.05, 4.69) is 10.6 Å². The van der Waals surface area contributed by atoms with Crippen LogP contribution in [-0.2, 0) is 4.79 Å². The number of amides is 3. The molecule has 0 unspecified atom stereocenters. The number of imide groups is 1. The van der Waals surface area contributed by atoms with Crippen molar-refractivity contribution in [3.05, 3.63) is 58.0 Å². The minimum absolute atomic E-state index is 0.247. The van der Waals surface area contributed by atoms with Crippen LogP contribution in [0.1, 0.15) is 17.0 Å². The standard InChI is InChI=1S/C16H14ClN3O2/c1-9-6-11(7-14-15(21)19-16(22)18-14)10(2)20(9)13-5-3-4-12(17)8-13/h3-8H,1-2H3,(H2,18,19,21,22)/b14-7-. The van der Waals surface area contributed by atoms with Gasteiger partial charge in [-0.05, 0) is 49.8 Å². The van der Waals surface area contributed by atoms with Gasteiger partial charge in [0.25, 0.3) is 5.91 Å². The summed E-state index contributed by atoms with van der Waals surface area (Å²) in [5.74, 6) is -0.419. The molecule has 0 aliphatic carbocycles. The van der Waals surface area contributed by atoms with Gasteiger partial charge in [0.1, 0.15) is 5.70 Å². The summed E-state index contributed by atoms with van der Waals surface area (Å²) in [4.78, 5) is 22.8. The Morgan fingerprint density at radius 1 is 1.14 bits per heavy atom. The van der Waals surface area contributed by atoms with E-state index in [0.717, 1.165) is 22.6 Å². The van der Waals surface area contributed by atoms with E-state index in [0.29, 0.717) is 5.02 Å². The highest BCUT2D eigenvalue weighted by Crippen LogP contribution is 2.24. The molecule has 1 aromatic carbocycles. The molecule has 22 heavy (non-hydrogen) atoms. The molecular formula is C16H14ClN3O2. The zero-order chi connectivity index (χ0) is 15.9. The second-order valence-electron chi connectivity index (χ2n) is 5.11. The molecule has 0 saturated carbocycles. The molecule has 1 saturated heterocycles. The average molecular weight is 316 g/mol. The molecule has 3 amide bonds. The molecule has 1 aliphatic rings. The third-order valence-electron chi connectivity index (χ3n) is 3.56. The second-order valence-corrected chi connectivity index (χ2v) is 5.54. The van der Waals surface area contributed by atoms with E-state index in [1.165, 1.54) is 0 Å². The maximum atomic E-state index is 11.6. The summed E-state index contributed by atoms with van der Waals surface area (Å²) in [6, 6.07) is 9.01. The number of halogens is 1. The van der Waals surface area contributed by atoms with E-state index in [1.807, 2.05) is 48.7 Å². The SMILES string of the molecule is Cc1cc(/C=C2\NC(=O)NC2=O)c(C)n1-c1cccc(Cl)c1. The van der Waals surface area contributed by atoms with Gasteiger partial charge in [0, 0.05) is 22.1 Å². The Balaban J connectivity index is 2.06. The van der Waals surface area contributed by atoms with Crippen molar-refractivity contribution in [1.29, 1.82) is 0 Å². The van der Waals surface area contributed by atoms with Crippen molar-refractivity contribution in [1.82, 2.24) is 15.2 Å². The predicted molar refractivity (Wildman–Crippen MR) is 84.9 cm³/mol. The number of nitrogens with one attached hydrogen (secondary N) is 2. The molecule has 6 heteroatoms. The summed E-state index contributed by atoms with van der Waals surface area (Å²) in [7, 11) is 0. The highest BCUT2D eigenvalue weighted by atomic mass is 35.5. The third kappa shape index (κ3) is 2.51.